The molecule has 4 rings (SSSR count). The molecule has 1 aliphatic rings. The van der Waals surface area contributed by atoms with Gasteiger partial charge in [0.25, 0.3) is 0 Å². The number of pyridine rings is 1. The van der Waals surface area contributed by atoms with E-state index in [1.807, 2.05) is 26.5 Å². The van der Waals surface area contributed by atoms with E-state index in [0.717, 1.165) is 12.1 Å². The molecule has 9 nitrogen and oxygen atoms in total. The molecule has 3 aromatic heterocycles. The van der Waals surface area contributed by atoms with Crippen LogP contribution in [0.4, 0.5) is 5.95 Å². The van der Waals surface area contributed by atoms with E-state index in [9.17, 15) is 9.59 Å². The number of hydrogen-bond acceptors (Lipinski definition) is 7. The summed E-state index contributed by atoms with van der Waals surface area (Å²) in [4.78, 5) is 42.8. The third-order valence-corrected chi connectivity index (χ3v) is 6.17. The van der Waals surface area contributed by atoms with E-state index in [1.54, 1.807) is 6.07 Å². The zero-order chi connectivity index (χ0) is 22.3. The number of hydrogen-bond donors (Lipinski definition) is 0. The molecule has 4 heterocycles. The molecular weight excluding hydrogens is 441 g/mol. The minimum atomic E-state index is -0.616. The van der Waals surface area contributed by atoms with Crippen molar-refractivity contribution >= 4 is 40.3 Å². The zero-order valence-corrected chi connectivity index (χ0v) is 19.1. The van der Waals surface area contributed by atoms with Gasteiger partial charge in [0.2, 0.25) is 5.95 Å². The van der Waals surface area contributed by atoms with Crippen LogP contribution in [0.2, 0.25) is 10.2 Å². The van der Waals surface area contributed by atoms with Crippen LogP contribution < -0.4 is 16.0 Å². The van der Waals surface area contributed by atoms with Gasteiger partial charge in [-0.3, -0.25) is 14.2 Å². The fraction of sp³-hybridized carbons (Fsp3) is 0.450. The van der Waals surface area contributed by atoms with Crippen molar-refractivity contribution in [2.75, 3.05) is 32.1 Å². The van der Waals surface area contributed by atoms with Crippen molar-refractivity contribution in [1.29, 1.82) is 0 Å². The van der Waals surface area contributed by atoms with E-state index in [-0.39, 0.29) is 16.2 Å². The lowest BCUT2D eigenvalue weighted by Gasteiger charge is -2.33. The molecule has 0 atom stereocenters. The molecule has 0 aliphatic carbocycles. The third-order valence-electron chi connectivity index (χ3n) is 5.49. The van der Waals surface area contributed by atoms with E-state index in [1.165, 1.54) is 16.2 Å². The molecule has 11 heteroatoms. The molecule has 1 aliphatic heterocycles. The van der Waals surface area contributed by atoms with Crippen molar-refractivity contribution in [2.45, 2.75) is 25.4 Å². The van der Waals surface area contributed by atoms with Gasteiger partial charge in [0.1, 0.15) is 5.15 Å². The number of aryl methyl sites for hydroxylation is 1. The van der Waals surface area contributed by atoms with Gasteiger partial charge in [-0.25, -0.2) is 15.0 Å². The number of anilines is 1. The van der Waals surface area contributed by atoms with Crippen LogP contribution in [-0.4, -0.2) is 56.2 Å². The van der Waals surface area contributed by atoms with Crippen LogP contribution in [0, 0.1) is 0 Å². The maximum absolute atomic E-state index is 12.8. The third kappa shape index (κ3) is 4.17. The van der Waals surface area contributed by atoms with Crippen LogP contribution in [-0.2, 0) is 13.6 Å². The monoisotopic (exact) mass is 463 g/mol. The zero-order valence-electron chi connectivity index (χ0n) is 17.5. The summed E-state index contributed by atoms with van der Waals surface area (Å²) in [5, 5.41) is 0.337. The van der Waals surface area contributed by atoms with Crippen molar-refractivity contribution in [2.24, 2.45) is 7.05 Å². The fourth-order valence-corrected chi connectivity index (χ4v) is 4.23. The lowest BCUT2D eigenvalue weighted by Crippen LogP contribution is -2.45. The van der Waals surface area contributed by atoms with Crippen LogP contribution in [0.25, 0.3) is 11.2 Å². The summed E-state index contributed by atoms with van der Waals surface area (Å²) in [6.45, 7) is 2.09. The molecule has 0 radical (unpaired) electrons. The Bertz CT molecular complexity index is 1230. The number of nitrogens with zero attached hydrogens (tertiary/aromatic N) is 7. The maximum Gasteiger partial charge on any atom is 0.318 e. The number of aromatic nitrogens is 5. The van der Waals surface area contributed by atoms with Crippen LogP contribution in [0.5, 0.6) is 0 Å². The van der Waals surface area contributed by atoms with Gasteiger partial charge in [0, 0.05) is 50.7 Å². The number of fused-ring (bicyclic) bond motifs is 1. The van der Waals surface area contributed by atoms with Crippen molar-refractivity contribution in [3.63, 3.8) is 0 Å². The van der Waals surface area contributed by atoms with E-state index in [0.29, 0.717) is 43.0 Å². The van der Waals surface area contributed by atoms with Gasteiger partial charge in [0.15, 0.2) is 5.65 Å². The van der Waals surface area contributed by atoms with Crippen LogP contribution in [0.3, 0.4) is 0 Å². The Morgan fingerprint density at radius 3 is 2.35 bits per heavy atom. The minimum absolute atomic E-state index is 0.101. The summed E-state index contributed by atoms with van der Waals surface area (Å²) in [7, 11) is 5.52. The second-order valence-electron chi connectivity index (χ2n) is 7.99. The molecule has 0 aromatic carbocycles. The average Bonchev–Trinajstić information content (AvgIpc) is 2.75. The Kier molecular flexibility index (Phi) is 6.00. The molecule has 0 spiro atoms. The number of halogens is 2. The highest BCUT2D eigenvalue weighted by Gasteiger charge is 2.26. The predicted molar refractivity (Wildman–Crippen MR) is 121 cm³/mol. The topological polar surface area (TPSA) is 89.2 Å². The predicted octanol–water partition coefficient (Wildman–Crippen LogP) is 2.10. The van der Waals surface area contributed by atoms with Crippen molar-refractivity contribution in [1.82, 2.24) is 29.0 Å². The first kappa shape index (κ1) is 21.7. The van der Waals surface area contributed by atoms with Gasteiger partial charge >= 0.3 is 11.1 Å². The number of piperidine rings is 1. The lowest BCUT2D eigenvalue weighted by molar-refractivity contribution is 0.388. The van der Waals surface area contributed by atoms with Gasteiger partial charge in [-0.1, -0.05) is 23.2 Å². The van der Waals surface area contributed by atoms with E-state index in [2.05, 4.69) is 24.8 Å². The first-order valence-corrected chi connectivity index (χ1v) is 10.7. The van der Waals surface area contributed by atoms with Gasteiger partial charge in [-0.05, 0) is 33.0 Å². The molecule has 0 N–H and O–H groups in total. The standard InChI is InChI=1S/C20H23Cl2N7O2/c1-26(2)11-12-9-23-20(24-10-12)28-6-4-13(5-7-28)29-17-15(8-14(21)16(22)25-17)27(3)18(30)19(29)31/h8-10,13H,4-7,11H2,1-3H3. The SMILES string of the molecule is CN(C)Cc1cnc(N2CCC(n3c(=O)c(=O)n(C)c4cc(Cl)c(Cl)nc43)CC2)nc1. The van der Waals surface area contributed by atoms with Crippen molar-refractivity contribution in [3.05, 3.63) is 54.9 Å². The Labute approximate surface area is 188 Å². The number of rotatable bonds is 4. The Morgan fingerprint density at radius 2 is 1.74 bits per heavy atom. The molecular formula is C20H23Cl2N7O2. The summed E-state index contributed by atoms with van der Waals surface area (Å²) in [5.74, 6) is 0.662. The highest BCUT2D eigenvalue weighted by Crippen LogP contribution is 2.28. The maximum atomic E-state index is 12.8. The summed E-state index contributed by atoms with van der Waals surface area (Å²) in [5.41, 5.74) is 0.660. The summed E-state index contributed by atoms with van der Waals surface area (Å²) >= 11 is 12.2. The Morgan fingerprint density at radius 1 is 1.10 bits per heavy atom. The summed E-state index contributed by atoms with van der Waals surface area (Å²) in [6, 6.07) is 1.39. The van der Waals surface area contributed by atoms with Crippen molar-refractivity contribution in [3.8, 4) is 0 Å². The van der Waals surface area contributed by atoms with Crippen molar-refractivity contribution < 1.29 is 0 Å². The van der Waals surface area contributed by atoms with Crippen LogP contribution in [0.1, 0.15) is 24.4 Å². The van der Waals surface area contributed by atoms with Gasteiger partial charge in [-0.15, -0.1) is 0 Å². The second kappa shape index (κ2) is 8.57. The Balaban J connectivity index is 1.61. The molecule has 3 aromatic rings. The lowest BCUT2D eigenvalue weighted by atomic mass is 10.0. The first-order chi connectivity index (χ1) is 14.8. The highest BCUT2D eigenvalue weighted by atomic mass is 35.5. The molecule has 0 unspecified atom stereocenters. The largest absolute Gasteiger partial charge is 0.341 e. The first-order valence-electron chi connectivity index (χ1n) is 9.94. The average molecular weight is 464 g/mol. The fourth-order valence-electron chi connectivity index (χ4n) is 3.94. The van der Waals surface area contributed by atoms with Crippen LogP contribution >= 0.6 is 23.2 Å². The molecule has 31 heavy (non-hydrogen) atoms. The molecule has 0 saturated carbocycles. The van der Waals surface area contributed by atoms with Gasteiger partial charge in [-0.2, -0.15) is 0 Å². The normalized spacial score (nSPS) is 15.2. The molecule has 1 fully saturated rings. The molecule has 0 amide bonds. The molecule has 164 valence electrons. The van der Waals surface area contributed by atoms with E-state index >= 15 is 0 Å². The highest BCUT2D eigenvalue weighted by molar-refractivity contribution is 6.41. The summed E-state index contributed by atoms with van der Waals surface area (Å²) < 4.78 is 2.74. The van der Waals surface area contributed by atoms with Crippen LogP contribution in [0.15, 0.2) is 28.0 Å². The second-order valence-corrected chi connectivity index (χ2v) is 8.76. The smallest absolute Gasteiger partial charge is 0.318 e. The Hall–Kier alpha value is -2.49. The van der Waals surface area contributed by atoms with Gasteiger partial charge < -0.3 is 14.4 Å². The molecule has 1 saturated heterocycles. The van der Waals surface area contributed by atoms with E-state index < -0.39 is 11.1 Å². The quantitative estimate of drug-likeness (QED) is 0.432. The van der Waals surface area contributed by atoms with E-state index in [4.69, 9.17) is 23.2 Å². The summed E-state index contributed by atoms with van der Waals surface area (Å²) in [6.07, 6.45) is 4.96. The minimum Gasteiger partial charge on any atom is -0.341 e. The van der Waals surface area contributed by atoms with Gasteiger partial charge in [0.05, 0.1) is 10.5 Å². The molecule has 0 bridgehead atoms.